The molecule has 2 aromatic rings. The Balaban J connectivity index is 1.93. The van der Waals surface area contributed by atoms with Gasteiger partial charge in [0.15, 0.2) is 4.80 Å². The minimum atomic E-state index is -0.120. The fraction of sp³-hybridized carbons (Fsp3) is 0.333. The number of hydrogen-bond donors (Lipinski definition) is 0. The van der Waals surface area contributed by atoms with E-state index in [9.17, 15) is 4.79 Å². The molecule has 0 aliphatic carbocycles. The third kappa shape index (κ3) is 2.67. The summed E-state index contributed by atoms with van der Waals surface area (Å²) in [5, 5.41) is 1.95. The summed E-state index contributed by atoms with van der Waals surface area (Å²) in [7, 11) is 0. The Morgan fingerprint density at radius 1 is 1.20 bits per heavy atom. The van der Waals surface area contributed by atoms with Crippen molar-refractivity contribution in [3.05, 3.63) is 46.2 Å². The van der Waals surface area contributed by atoms with Gasteiger partial charge in [0.25, 0.3) is 0 Å². The van der Waals surface area contributed by atoms with Crippen molar-refractivity contribution >= 4 is 17.4 Å². The summed E-state index contributed by atoms with van der Waals surface area (Å²) in [6.07, 6.45) is 4.12. The van der Waals surface area contributed by atoms with Gasteiger partial charge in [-0.15, -0.1) is 11.3 Å². The molecule has 1 aromatic heterocycles. The van der Waals surface area contributed by atoms with Crippen LogP contribution in [0.3, 0.4) is 0 Å². The van der Waals surface area contributed by atoms with Crippen LogP contribution in [0.2, 0.25) is 0 Å². The number of carbonyl (C=O) groups excluding carboxylic acids is 1. The third-order valence-corrected chi connectivity index (χ3v) is 4.23. The van der Waals surface area contributed by atoms with Gasteiger partial charge in [-0.05, 0) is 31.9 Å². The molecule has 2 amide bonds. The predicted octanol–water partition coefficient (Wildman–Crippen LogP) is 2.96. The molecule has 1 aromatic carbocycles. The quantitative estimate of drug-likeness (QED) is 0.794. The number of rotatable bonds is 1. The zero-order valence-electron chi connectivity index (χ0n) is 11.5. The van der Waals surface area contributed by atoms with Gasteiger partial charge in [-0.1, -0.05) is 17.7 Å². The highest BCUT2D eigenvalue weighted by molar-refractivity contribution is 7.07. The van der Waals surface area contributed by atoms with Crippen LogP contribution in [-0.4, -0.2) is 28.6 Å². The second kappa shape index (κ2) is 5.63. The van der Waals surface area contributed by atoms with E-state index < -0.39 is 0 Å². The molecular weight excluding hydrogens is 270 g/mol. The predicted molar refractivity (Wildman–Crippen MR) is 80.1 cm³/mol. The normalized spacial score (nSPS) is 15.8. The van der Waals surface area contributed by atoms with Gasteiger partial charge in [0.05, 0.1) is 0 Å². The molecule has 0 saturated carbocycles. The first-order valence-corrected chi connectivity index (χ1v) is 7.69. The van der Waals surface area contributed by atoms with Gasteiger partial charge in [0.1, 0.15) is 0 Å². The smallest absolute Gasteiger partial charge is 0.323 e. The minimum Gasteiger partial charge on any atom is -0.323 e. The van der Waals surface area contributed by atoms with Gasteiger partial charge < -0.3 is 4.90 Å². The molecule has 0 atom stereocenters. The van der Waals surface area contributed by atoms with Gasteiger partial charge >= 0.3 is 6.03 Å². The number of thiazole rings is 1. The standard InChI is InChI=1S/C15H17N3OS/c1-12-4-6-13(7-5-12)18-10-11-20-15(18)16-14(19)17-8-2-3-9-17/h4-7,10-11H,2-3,8-9H2,1H3. The molecule has 0 bridgehead atoms. The van der Waals surface area contributed by atoms with Crippen LogP contribution in [0.5, 0.6) is 0 Å². The maximum Gasteiger partial charge on any atom is 0.346 e. The van der Waals surface area contributed by atoms with Crippen molar-refractivity contribution in [2.24, 2.45) is 4.99 Å². The number of aryl methyl sites for hydroxylation is 1. The maximum atomic E-state index is 12.1. The van der Waals surface area contributed by atoms with Crippen LogP contribution in [-0.2, 0) is 0 Å². The highest BCUT2D eigenvalue weighted by Crippen LogP contribution is 2.10. The first-order chi connectivity index (χ1) is 9.74. The summed E-state index contributed by atoms with van der Waals surface area (Å²) >= 11 is 1.48. The molecule has 0 spiro atoms. The summed E-state index contributed by atoms with van der Waals surface area (Å²) in [5.74, 6) is 0. The lowest BCUT2D eigenvalue weighted by molar-refractivity contribution is 0.218. The van der Waals surface area contributed by atoms with E-state index in [4.69, 9.17) is 0 Å². The molecule has 0 radical (unpaired) electrons. The molecule has 5 heteroatoms. The number of aromatic nitrogens is 1. The van der Waals surface area contributed by atoms with Gasteiger partial charge in [0, 0.05) is 30.4 Å². The number of urea groups is 1. The van der Waals surface area contributed by atoms with E-state index >= 15 is 0 Å². The van der Waals surface area contributed by atoms with Crippen molar-refractivity contribution < 1.29 is 4.79 Å². The van der Waals surface area contributed by atoms with E-state index in [-0.39, 0.29) is 6.03 Å². The number of carbonyl (C=O) groups is 1. The lowest BCUT2D eigenvalue weighted by Crippen LogP contribution is -2.27. The Bertz CT molecular complexity index is 663. The third-order valence-electron chi connectivity index (χ3n) is 3.47. The van der Waals surface area contributed by atoms with Crippen LogP contribution < -0.4 is 4.80 Å². The van der Waals surface area contributed by atoms with Crippen LogP contribution in [0, 0.1) is 6.92 Å². The molecule has 3 rings (SSSR count). The van der Waals surface area contributed by atoms with E-state index in [1.54, 1.807) is 0 Å². The first kappa shape index (κ1) is 13.1. The molecule has 1 saturated heterocycles. The fourth-order valence-corrected chi connectivity index (χ4v) is 3.03. The summed E-state index contributed by atoms with van der Waals surface area (Å²) in [4.78, 5) is 18.9. The SMILES string of the molecule is Cc1ccc(-n2ccsc2=NC(=O)N2CCCC2)cc1. The average molecular weight is 287 g/mol. The van der Waals surface area contributed by atoms with E-state index in [0.717, 1.165) is 36.4 Å². The lowest BCUT2D eigenvalue weighted by atomic mass is 10.2. The van der Waals surface area contributed by atoms with Gasteiger partial charge in [-0.25, -0.2) is 4.79 Å². The average Bonchev–Trinajstić information content (AvgIpc) is 3.10. The molecular formula is C15H17N3OS. The van der Waals surface area contributed by atoms with E-state index in [1.807, 2.05) is 33.2 Å². The Labute approximate surface area is 122 Å². The molecule has 4 nitrogen and oxygen atoms in total. The van der Waals surface area contributed by atoms with Crippen LogP contribution in [0.4, 0.5) is 4.79 Å². The highest BCUT2D eigenvalue weighted by atomic mass is 32.1. The van der Waals surface area contributed by atoms with Crippen molar-refractivity contribution in [3.63, 3.8) is 0 Å². The molecule has 20 heavy (non-hydrogen) atoms. The zero-order chi connectivity index (χ0) is 13.9. The topological polar surface area (TPSA) is 37.6 Å². The minimum absolute atomic E-state index is 0.120. The van der Waals surface area contributed by atoms with E-state index in [1.165, 1.54) is 16.9 Å². The van der Waals surface area contributed by atoms with Crippen LogP contribution >= 0.6 is 11.3 Å². The molecule has 0 unspecified atom stereocenters. The van der Waals surface area contributed by atoms with E-state index in [0.29, 0.717) is 0 Å². The Hall–Kier alpha value is -1.88. The molecule has 104 valence electrons. The summed E-state index contributed by atoms with van der Waals surface area (Å²) in [6.45, 7) is 3.72. The van der Waals surface area contributed by atoms with Gasteiger partial charge in [0.2, 0.25) is 0 Å². The second-order valence-corrected chi connectivity index (χ2v) is 5.85. The highest BCUT2D eigenvalue weighted by Gasteiger charge is 2.17. The first-order valence-electron chi connectivity index (χ1n) is 6.81. The molecule has 1 aliphatic heterocycles. The second-order valence-electron chi connectivity index (χ2n) is 4.98. The van der Waals surface area contributed by atoms with Crippen LogP contribution in [0.25, 0.3) is 5.69 Å². The van der Waals surface area contributed by atoms with Gasteiger partial charge in [-0.3, -0.25) is 4.57 Å². The Kier molecular flexibility index (Phi) is 3.69. The molecule has 1 aliphatic rings. The van der Waals surface area contributed by atoms with E-state index in [2.05, 4.69) is 24.0 Å². The Morgan fingerprint density at radius 3 is 2.60 bits per heavy atom. The van der Waals surface area contributed by atoms with Crippen LogP contribution in [0.1, 0.15) is 18.4 Å². The van der Waals surface area contributed by atoms with Crippen molar-refractivity contribution in [2.45, 2.75) is 19.8 Å². The summed E-state index contributed by atoms with van der Waals surface area (Å²) < 4.78 is 1.96. The number of benzene rings is 1. The molecule has 1 fully saturated rings. The molecule has 2 heterocycles. The molecule has 0 N–H and O–H groups in total. The van der Waals surface area contributed by atoms with Crippen molar-refractivity contribution in [2.75, 3.05) is 13.1 Å². The summed E-state index contributed by atoms with van der Waals surface area (Å²) in [5.41, 5.74) is 2.25. The monoisotopic (exact) mass is 287 g/mol. The summed E-state index contributed by atoms with van der Waals surface area (Å²) in [6, 6.07) is 8.09. The van der Waals surface area contributed by atoms with Crippen molar-refractivity contribution in [3.8, 4) is 5.69 Å². The van der Waals surface area contributed by atoms with Crippen molar-refractivity contribution in [1.29, 1.82) is 0 Å². The number of likely N-dealkylation sites (tertiary alicyclic amines) is 1. The lowest BCUT2D eigenvalue weighted by Gasteiger charge is -2.10. The number of amides is 2. The number of nitrogens with zero attached hydrogens (tertiary/aromatic N) is 3. The van der Waals surface area contributed by atoms with Gasteiger partial charge in [-0.2, -0.15) is 4.99 Å². The number of hydrogen-bond acceptors (Lipinski definition) is 2. The fourth-order valence-electron chi connectivity index (χ4n) is 2.32. The van der Waals surface area contributed by atoms with Crippen molar-refractivity contribution in [1.82, 2.24) is 9.47 Å². The zero-order valence-corrected chi connectivity index (χ0v) is 12.3. The van der Waals surface area contributed by atoms with Crippen LogP contribution in [0.15, 0.2) is 40.8 Å². The Morgan fingerprint density at radius 2 is 1.90 bits per heavy atom. The maximum absolute atomic E-state index is 12.1. The largest absolute Gasteiger partial charge is 0.346 e.